The number of carbonyl (C=O) groups is 1. The first-order valence-corrected chi connectivity index (χ1v) is 5.97. The van der Waals surface area contributed by atoms with Gasteiger partial charge in [-0.1, -0.05) is 26.7 Å². The van der Waals surface area contributed by atoms with Crippen molar-refractivity contribution in [3.63, 3.8) is 0 Å². The molecule has 0 heterocycles. The molecule has 0 amide bonds. The summed E-state index contributed by atoms with van der Waals surface area (Å²) in [5.74, 6) is 1.62. The summed E-state index contributed by atoms with van der Waals surface area (Å²) in [6.07, 6.45) is 5.56. The third kappa shape index (κ3) is 3.79. The Bertz CT molecular complexity index is 179. The second-order valence-electron chi connectivity index (χ2n) is 4.54. The Labute approximate surface area is 87.5 Å². The fraction of sp³-hybridized carbons (Fsp3) is 0.917. The van der Waals surface area contributed by atoms with Crippen LogP contribution in [0.15, 0.2) is 0 Å². The third-order valence-corrected chi connectivity index (χ3v) is 3.19. The highest BCUT2D eigenvalue weighted by molar-refractivity contribution is 5.81. The largest absolute Gasteiger partial charge is 0.317 e. The average Bonchev–Trinajstić information content (AvgIpc) is 2.18. The van der Waals surface area contributed by atoms with Gasteiger partial charge in [0.1, 0.15) is 5.78 Å². The number of hydrogen-bond donors (Lipinski definition) is 1. The molecule has 0 aromatic carbocycles. The van der Waals surface area contributed by atoms with Gasteiger partial charge in [0.2, 0.25) is 0 Å². The van der Waals surface area contributed by atoms with Crippen molar-refractivity contribution in [2.45, 2.75) is 46.0 Å². The predicted octanol–water partition coefficient (Wildman–Crippen LogP) is 2.38. The first-order chi connectivity index (χ1) is 6.74. The van der Waals surface area contributed by atoms with Crippen LogP contribution in [0.4, 0.5) is 0 Å². The highest BCUT2D eigenvalue weighted by atomic mass is 16.1. The average molecular weight is 197 g/mol. The molecule has 14 heavy (non-hydrogen) atoms. The van der Waals surface area contributed by atoms with Gasteiger partial charge in [-0.25, -0.2) is 0 Å². The molecule has 2 nitrogen and oxygen atoms in total. The van der Waals surface area contributed by atoms with E-state index >= 15 is 0 Å². The molecule has 0 aliphatic heterocycles. The fourth-order valence-electron chi connectivity index (χ4n) is 2.32. The van der Waals surface area contributed by atoms with Crippen molar-refractivity contribution in [1.29, 1.82) is 0 Å². The number of rotatable bonds is 5. The van der Waals surface area contributed by atoms with Crippen LogP contribution in [0.25, 0.3) is 0 Å². The maximum absolute atomic E-state index is 11.8. The van der Waals surface area contributed by atoms with Crippen LogP contribution in [0.3, 0.4) is 0 Å². The van der Waals surface area contributed by atoms with Crippen LogP contribution >= 0.6 is 0 Å². The van der Waals surface area contributed by atoms with Crippen molar-refractivity contribution >= 4 is 5.78 Å². The van der Waals surface area contributed by atoms with Gasteiger partial charge in [0.25, 0.3) is 0 Å². The zero-order valence-electron chi connectivity index (χ0n) is 9.51. The smallest absolute Gasteiger partial charge is 0.137 e. The van der Waals surface area contributed by atoms with Crippen molar-refractivity contribution in [1.82, 2.24) is 5.32 Å². The van der Waals surface area contributed by atoms with Gasteiger partial charge in [-0.2, -0.15) is 0 Å². The van der Waals surface area contributed by atoms with Crippen LogP contribution in [-0.4, -0.2) is 18.9 Å². The van der Waals surface area contributed by atoms with Gasteiger partial charge in [0, 0.05) is 18.9 Å². The lowest BCUT2D eigenvalue weighted by Crippen LogP contribution is -2.25. The highest BCUT2D eigenvalue weighted by Crippen LogP contribution is 2.29. The molecule has 0 aromatic rings. The topological polar surface area (TPSA) is 29.1 Å². The van der Waals surface area contributed by atoms with Gasteiger partial charge < -0.3 is 5.32 Å². The van der Waals surface area contributed by atoms with E-state index in [-0.39, 0.29) is 0 Å². The van der Waals surface area contributed by atoms with E-state index in [1.54, 1.807) is 0 Å². The molecule has 0 radical (unpaired) electrons. The molecule has 1 fully saturated rings. The van der Waals surface area contributed by atoms with Gasteiger partial charge in [0.05, 0.1) is 0 Å². The van der Waals surface area contributed by atoms with E-state index in [1.165, 1.54) is 12.8 Å². The van der Waals surface area contributed by atoms with Crippen molar-refractivity contribution in [2.24, 2.45) is 11.8 Å². The predicted molar refractivity (Wildman–Crippen MR) is 59.3 cm³/mol. The number of ketones is 1. The van der Waals surface area contributed by atoms with E-state index in [1.807, 2.05) is 0 Å². The highest BCUT2D eigenvalue weighted by Gasteiger charge is 2.24. The standard InChI is InChI=1S/C12H23NO/c1-3-13-8-7-12(14)11-6-4-5-10(2)9-11/h10-11,13H,3-9H2,1-2H3. The lowest BCUT2D eigenvalue weighted by Gasteiger charge is -2.25. The zero-order valence-corrected chi connectivity index (χ0v) is 9.51. The van der Waals surface area contributed by atoms with Gasteiger partial charge in [-0.05, 0) is 25.3 Å². The van der Waals surface area contributed by atoms with Gasteiger partial charge >= 0.3 is 0 Å². The van der Waals surface area contributed by atoms with E-state index in [2.05, 4.69) is 19.2 Å². The summed E-state index contributed by atoms with van der Waals surface area (Å²) in [6, 6.07) is 0. The normalized spacial score (nSPS) is 27.6. The molecule has 1 aliphatic carbocycles. The molecule has 0 spiro atoms. The van der Waals surface area contributed by atoms with Crippen molar-refractivity contribution < 1.29 is 4.79 Å². The SMILES string of the molecule is CCNCCC(=O)C1CCCC(C)C1. The molecule has 1 saturated carbocycles. The van der Waals surface area contributed by atoms with Gasteiger partial charge in [0.15, 0.2) is 0 Å². The van der Waals surface area contributed by atoms with Crippen molar-refractivity contribution in [3.05, 3.63) is 0 Å². The number of carbonyl (C=O) groups excluding carboxylic acids is 1. The summed E-state index contributed by atoms with van der Waals surface area (Å²) in [7, 11) is 0. The van der Waals surface area contributed by atoms with Crippen LogP contribution in [0, 0.1) is 11.8 Å². The Balaban J connectivity index is 2.22. The maximum atomic E-state index is 11.8. The zero-order chi connectivity index (χ0) is 10.4. The summed E-state index contributed by atoms with van der Waals surface area (Å²) in [5.41, 5.74) is 0. The number of Topliss-reactive ketones (excluding diaryl/α,β-unsaturated/α-hetero) is 1. The first-order valence-electron chi connectivity index (χ1n) is 5.97. The summed E-state index contributed by atoms with van der Waals surface area (Å²) in [5, 5.41) is 3.21. The Kier molecular flexibility index (Phi) is 5.16. The summed E-state index contributed by atoms with van der Waals surface area (Å²) in [6.45, 7) is 6.17. The lowest BCUT2D eigenvalue weighted by atomic mass is 9.79. The quantitative estimate of drug-likeness (QED) is 0.686. The molecule has 1 rings (SSSR count). The minimum Gasteiger partial charge on any atom is -0.317 e. The second-order valence-corrected chi connectivity index (χ2v) is 4.54. The maximum Gasteiger partial charge on any atom is 0.137 e. The molecule has 1 N–H and O–H groups in total. The Morgan fingerprint density at radius 3 is 2.86 bits per heavy atom. The Hall–Kier alpha value is -0.370. The molecular formula is C12H23NO. The van der Waals surface area contributed by atoms with Crippen LogP contribution in [0.1, 0.15) is 46.0 Å². The molecule has 0 bridgehead atoms. The molecular weight excluding hydrogens is 174 g/mol. The van der Waals surface area contributed by atoms with E-state index < -0.39 is 0 Å². The van der Waals surface area contributed by atoms with E-state index in [0.717, 1.165) is 38.3 Å². The Morgan fingerprint density at radius 2 is 2.21 bits per heavy atom. The number of nitrogens with one attached hydrogen (secondary N) is 1. The monoisotopic (exact) mass is 197 g/mol. The van der Waals surface area contributed by atoms with Gasteiger partial charge in [-0.15, -0.1) is 0 Å². The minimum absolute atomic E-state index is 0.373. The first kappa shape index (κ1) is 11.7. The summed E-state index contributed by atoms with van der Waals surface area (Å²) >= 11 is 0. The lowest BCUT2D eigenvalue weighted by molar-refractivity contribution is -0.124. The molecule has 82 valence electrons. The van der Waals surface area contributed by atoms with Crippen LogP contribution < -0.4 is 5.32 Å². The molecule has 0 saturated heterocycles. The summed E-state index contributed by atoms with van der Waals surface area (Å²) < 4.78 is 0. The van der Waals surface area contributed by atoms with Crippen LogP contribution in [-0.2, 0) is 4.79 Å². The third-order valence-electron chi connectivity index (χ3n) is 3.19. The van der Waals surface area contributed by atoms with Crippen LogP contribution in [0.5, 0.6) is 0 Å². The molecule has 2 atom stereocenters. The van der Waals surface area contributed by atoms with Gasteiger partial charge in [-0.3, -0.25) is 4.79 Å². The fourth-order valence-corrected chi connectivity index (χ4v) is 2.32. The van der Waals surface area contributed by atoms with Crippen LogP contribution in [0.2, 0.25) is 0 Å². The van der Waals surface area contributed by atoms with Crippen molar-refractivity contribution in [2.75, 3.05) is 13.1 Å². The second kappa shape index (κ2) is 6.18. The molecule has 2 heteroatoms. The molecule has 0 aromatic heterocycles. The van der Waals surface area contributed by atoms with E-state index in [0.29, 0.717) is 11.7 Å². The molecule has 2 unspecified atom stereocenters. The summed E-state index contributed by atoms with van der Waals surface area (Å²) in [4.78, 5) is 11.8. The minimum atomic E-state index is 0.373. The van der Waals surface area contributed by atoms with Crippen molar-refractivity contribution in [3.8, 4) is 0 Å². The van der Waals surface area contributed by atoms with E-state index in [4.69, 9.17) is 0 Å². The Morgan fingerprint density at radius 1 is 1.43 bits per heavy atom. The molecule has 1 aliphatic rings. The van der Waals surface area contributed by atoms with E-state index in [9.17, 15) is 4.79 Å². The number of hydrogen-bond acceptors (Lipinski definition) is 2.